The second-order valence-electron chi connectivity index (χ2n) is 6.75. The Morgan fingerprint density at radius 3 is 3.24 bits per heavy atom. The number of rotatable bonds is 2. The quantitative estimate of drug-likeness (QED) is 0.905. The van der Waals surface area contributed by atoms with Crippen molar-refractivity contribution < 1.29 is 4.74 Å². The Hall–Kier alpha value is -1.06. The SMILES string of the molecule is CCOc1ccc2c(c1)CCN1CC3CCCNC3CC21. The first-order valence-electron chi connectivity index (χ1n) is 8.58. The molecule has 3 unspecified atom stereocenters. The van der Waals surface area contributed by atoms with Gasteiger partial charge in [-0.1, -0.05) is 6.07 Å². The molecule has 3 atom stereocenters. The molecule has 3 heterocycles. The molecule has 1 N–H and O–H groups in total. The minimum Gasteiger partial charge on any atom is -0.494 e. The molecule has 1 aromatic carbocycles. The summed E-state index contributed by atoms with van der Waals surface area (Å²) in [7, 11) is 0. The van der Waals surface area contributed by atoms with E-state index in [0.717, 1.165) is 24.3 Å². The van der Waals surface area contributed by atoms with Gasteiger partial charge in [0.1, 0.15) is 5.75 Å². The number of benzene rings is 1. The van der Waals surface area contributed by atoms with Gasteiger partial charge in [-0.3, -0.25) is 4.90 Å². The molecular formula is C18H26N2O. The van der Waals surface area contributed by atoms with Gasteiger partial charge in [0.05, 0.1) is 6.61 Å². The fourth-order valence-corrected chi connectivity index (χ4v) is 4.55. The van der Waals surface area contributed by atoms with Crippen molar-refractivity contribution in [1.82, 2.24) is 10.2 Å². The maximum absolute atomic E-state index is 5.67. The van der Waals surface area contributed by atoms with Gasteiger partial charge in [0.2, 0.25) is 0 Å². The van der Waals surface area contributed by atoms with Crippen LogP contribution in [0.5, 0.6) is 5.75 Å². The van der Waals surface area contributed by atoms with Crippen molar-refractivity contribution in [3.8, 4) is 5.75 Å². The standard InChI is InChI=1S/C18H26N2O/c1-2-21-15-5-6-16-13(10-15)7-9-20-12-14-4-3-8-19-17(14)11-18(16)20/h5-6,10,14,17-19H,2-4,7-9,11-12H2,1H3. The Balaban J connectivity index is 1.59. The van der Waals surface area contributed by atoms with Crippen LogP contribution in [0.3, 0.4) is 0 Å². The molecule has 0 aromatic heterocycles. The van der Waals surface area contributed by atoms with E-state index >= 15 is 0 Å². The summed E-state index contributed by atoms with van der Waals surface area (Å²) in [5.41, 5.74) is 3.06. The number of piperidine rings is 2. The Bertz CT molecular complexity index is 516. The molecule has 3 nitrogen and oxygen atoms in total. The zero-order chi connectivity index (χ0) is 14.2. The third-order valence-electron chi connectivity index (χ3n) is 5.57. The van der Waals surface area contributed by atoms with Gasteiger partial charge in [-0.25, -0.2) is 0 Å². The highest BCUT2D eigenvalue weighted by atomic mass is 16.5. The molecule has 4 rings (SSSR count). The first kappa shape index (κ1) is 13.6. The van der Waals surface area contributed by atoms with E-state index in [1.54, 1.807) is 5.56 Å². The number of fused-ring (bicyclic) bond motifs is 4. The fourth-order valence-electron chi connectivity index (χ4n) is 4.55. The van der Waals surface area contributed by atoms with Gasteiger partial charge in [0.15, 0.2) is 0 Å². The van der Waals surface area contributed by atoms with Gasteiger partial charge < -0.3 is 10.1 Å². The van der Waals surface area contributed by atoms with E-state index in [0.29, 0.717) is 6.04 Å². The summed E-state index contributed by atoms with van der Waals surface area (Å²) in [5, 5.41) is 3.77. The molecule has 0 saturated carbocycles. The van der Waals surface area contributed by atoms with Gasteiger partial charge in [0, 0.05) is 25.2 Å². The molecule has 3 heteroatoms. The van der Waals surface area contributed by atoms with Gasteiger partial charge >= 0.3 is 0 Å². The molecule has 3 aliphatic heterocycles. The van der Waals surface area contributed by atoms with Crippen LogP contribution in [0.1, 0.15) is 43.4 Å². The van der Waals surface area contributed by atoms with E-state index in [4.69, 9.17) is 4.74 Å². The van der Waals surface area contributed by atoms with Crippen LogP contribution in [0.25, 0.3) is 0 Å². The van der Waals surface area contributed by atoms with Crippen molar-refractivity contribution in [2.24, 2.45) is 5.92 Å². The summed E-state index contributed by atoms with van der Waals surface area (Å²) in [6, 6.07) is 8.11. The molecule has 0 spiro atoms. The van der Waals surface area contributed by atoms with E-state index in [2.05, 4.69) is 35.3 Å². The molecule has 0 radical (unpaired) electrons. The minimum absolute atomic E-state index is 0.622. The molecule has 0 bridgehead atoms. The summed E-state index contributed by atoms with van der Waals surface area (Å²) < 4.78 is 5.67. The molecule has 2 fully saturated rings. The fraction of sp³-hybridized carbons (Fsp3) is 0.667. The van der Waals surface area contributed by atoms with Crippen LogP contribution in [-0.2, 0) is 6.42 Å². The summed E-state index contributed by atoms with van der Waals surface area (Å²) >= 11 is 0. The van der Waals surface area contributed by atoms with E-state index in [9.17, 15) is 0 Å². The van der Waals surface area contributed by atoms with E-state index < -0.39 is 0 Å². The lowest BCUT2D eigenvalue weighted by Gasteiger charge is -2.49. The topological polar surface area (TPSA) is 24.5 Å². The van der Waals surface area contributed by atoms with Crippen molar-refractivity contribution in [1.29, 1.82) is 0 Å². The van der Waals surface area contributed by atoms with Crippen molar-refractivity contribution in [2.45, 2.75) is 44.7 Å². The Kier molecular flexibility index (Phi) is 3.64. The number of ether oxygens (including phenoxy) is 1. The lowest BCUT2D eigenvalue weighted by atomic mass is 9.77. The van der Waals surface area contributed by atoms with Crippen LogP contribution >= 0.6 is 0 Å². The normalized spacial score (nSPS) is 32.0. The highest BCUT2D eigenvalue weighted by Crippen LogP contribution is 2.41. The van der Waals surface area contributed by atoms with Gasteiger partial charge in [-0.05, 0) is 68.3 Å². The first-order valence-corrected chi connectivity index (χ1v) is 8.58. The Labute approximate surface area is 127 Å². The molecule has 3 aliphatic rings. The van der Waals surface area contributed by atoms with Crippen LogP contribution in [0.4, 0.5) is 0 Å². The van der Waals surface area contributed by atoms with Crippen molar-refractivity contribution in [3.05, 3.63) is 29.3 Å². The predicted octanol–water partition coefficient (Wildman–Crippen LogP) is 2.76. The number of nitrogens with zero attached hydrogens (tertiary/aromatic N) is 1. The smallest absolute Gasteiger partial charge is 0.119 e. The van der Waals surface area contributed by atoms with Gasteiger partial charge in [0.25, 0.3) is 0 Å². The Morgan fingerprint density at radius 1 is 1.38 bits per heavy atom. The average Bonchev–Trinajstić information content (AvgIpc) is 2.53. The second kappa shape index (κ2) is 5.62. The van der Waals surface area contributed by atoms with Crippen LogP contribution in [0.15, 0.2) is 18.2 Å². The summed E-state index contributed by atoms with van der Waals surface area (Å²) in [4.78, 5) is 2.73. The molecule has 21 heavy (non-hydrogen) atoms. The number of hydrogen-bond donors (Lipinski definition) is 1. The minimum atomic E-state index is 0.622. The maximum atomic E-state index is 5.67. The molecule has 0 amide bonds. The van der Waals surface area contributed by atoms with Crippen LogP contribution in [0.2, 0.25) is 0 Å². The monoisotopic (exact) mass is 286 g/mol. The van der Waals surface area contributed by atoms with Crippen LogP contribution in [-0.4, -0.2) is 37.2 Å². The highest BCUT2D eigenvalue weighted by Gasteiger charge is 2.39. The third kappa shape index (κ3) is 2.47. The predicted molar refractivity (Wildman–Crippen MR) is 84.8 cm³/mol. The van der Waals surface area contributed by atoms with Crippen molar-refractivity contribution in [3.63, 3.8) is 0 Å². The van der Waals surface area contributed by atoms with E-state index in [1.165, 1.54) is 50.9 Å². The summed E-state index contributed by atoms with van der Waals surface area (Å²) in [6.07, 6.45) is 5.23. The highest BCUT2D eigenvalue weighted by molar-refractivity contribution is 5.39. The molecular weight excluding hydrogens is 260 g/mol. The van der Waals surface area contributed by atoms with Gasteiger partial charge in [-0.15, -0.1) is 0 Å². The van der Waals surface area contributed by atoms with E-state index in [1.807, 2.05) is 0 Å². The Morgan fingerprint density at radius 2 is 2.33 bits per heavy atom. The number of hydrogen-bond acceptors (Lipinski definition) is 3. The molecule has 2 saturated heterocycles. The van der Waals surface area contributed by atoms with Crippen molar-refractivity contribution in [2.75, 3.05) is 26.2 Å². The van der Waals surface area contributed by atoms with E-state index in [-0.39, 0.29) is 0 Å². The zero-order valence-corrected chi connectivity index (χ0v) is 13.0. The number of nitrogens with one attached hydrogen (secondary N) is 1. The lowest BCUT2D eigenvalue weighted by molar-refractivity contribution is 0.0551. The summed E-state index contributed by atoms with van der Waals surface area (Å²) in [5.74, 6) is 1.91. The maximum Gasteiger partial charge on any atom is 0.119 e. The summed E-state index contributed by atoms with van der Waals surface area (Å²) in [6.45, 7) is 6.52. The average molecular weight is 286 g/mol. The largest absolute Gasteiger partial charge is 0.494 e. The first-order chi connectivity index (χ1) is 10.3. The van der Waals surface area contributed by atoms with Gasteiger partial charge in [-0.2, -0.15) is 0 Å². The van der Waals surface area contributed by atoms with Crippen molar-refractivity contribution >= 4 is 0 Å². The lowest BCUT2D eigenvalue weighted by Crippen LogP contribution is -2.54. The second-order valence-corrected chi connectivity index (χ2v) is 6.75. The zero-order valence-electron chi connectivity index (χ0n) is 13.0. The van der Waals surface area contributed by atoms with Crippen LogP contribution < -0.4 is 10.1 Å². The molecule has 0 aliphatic carbocycles. The van der Waals surface area contributed by atoms with Crippen LogP contribution in [0, 0.1) is 5.92 Å². The third-order valence-corrected chi connectivity index (χ3v) is 5.57. The molecule has 114 valence electrons. The molecule has 1 aromatic rings.